The van der Waals surface area contributed by atoms with Crippen LogP contribution >= 0.6 is 12.4 Å². The topological polar surface area (TPSA) is 95.4 Å². The first-order valence-corrected chi connectivity index (χ1v) is 6.34. The van der Waals surface area contributed by atoms with E-state index in [2.05, 4.69) is 0 Å². The summed E-state index contributed by atoms with van der Waals surface area (Å²) in [5, 5.41) is 5.09. The Hall–Kier alpha value is -0.820. The first-order chi connectivity index (χ1) is 7.34. The van der Waals surface area contributed by atoms with Gasteiger partial charge in [-0.1, -0.05) is 6.07 Å². The lowest BCUT2D eigenvalue weighted by atomic mass is 10.1. The smallest absolute Gasteiger partial charge is 0.241 e. The number of hydrogen-bond donors (Lipinski definition) is 2. The minimum Gasteiger partial charge on any atom is -0.495 e. The largest absolute Gasteiger partial charge is 0.495 e. The summed E-state index contributed by atoms with van der Waals surface area (Å²) in [6, 6.07) is 4.81. The number of rotatable bonds is 4. The van der Waals surface area contributed by atoms with Crippen molar-refractivity contribution in [2.75, 3.05) is 7.11 Å². The van der Waals surface area contributed by atoms with Crippen molar-refractivity contribution in [3.05, 3.63) is 23.8 Å². The molecule has 98 valence electrons. The molecule has 5 nitrogen and oxygen atoms in total. The maximum absolute atomic E-state index is 11.3. The molecule has 0 unspecified atom stereocenters. The number of ether oxygens (including phenoxy) is 1. The van der Waals surface area contributed by atoms with Gasteiger partial charge >= 0.3 is 0 Å². The Kier molecular flexibility index (Phi) is 5.91. The van der Waals surface area contributed by atoms with Crippen molar-refractivity contribution in [2.45, 2.75) is 24.3 Å². The summed E-state index contributed by atoms with van der Waals surface area (Å²) in [6.45, 7) is 1.85. The summed E-state index contributed by atoms with van der Waals surface area (Å²) in [4.78, 5) is -0.00634. The molecular formula is C10H17ClN2O3S. The summed E-state index contributed by atoms with van der Waals surface area (Å²) in [6.07, 6.45) is 0.590. The van der Waals surface area contributed by atoms with Gasteiger partial charge in [0.15, 0.2) is 0 Å². The number of benzene rings is 1. The Morgan fingerprint density at radius 3 is 2.41 bits per heavy atom. The number of halogens is 1. The van der Waals surface area contributed by atoms with Crippen molar-refractivity contribution in [3.63, 3.8) is 0 Å². The molecule has 1 rings (SSSR count). The molecule has 0 heterocycles. The van der Waals surface area contributed by atoms with Crippen LogP contribution < -0.4 is 15.6 Å². The van der Waals surface area contributed by atoms with E-state index in [4.69, 9.17) is 15.6 Å². The molecule has 1 atom stereocenters. The van der Waals surface area contributed by atoms with Gasteiger partial charge in [0.1, 0.15) is 10.6 Å². The molecule has 17 heavy (non-hydrogen) atoms. The molecule has 0 spiro atoms. The van der Waals surface area contributed by atoms with Crippen LogP contribution in [0.15, 0.2) is 23.1 Å². The van der Waals surface area contributed by atoms with E-state index in [9.17, 15) is 8.42 Å². The first kappa shape index (κ1) is 16.2. The fourth-order valence-corrected chi connectivity index (χ4v) is 2.19. The van der Waals surface area contributed by atoms with Gasteiger partial charge in [0, 0.05) is 6.04 Å². The Bertz CT molecular complexity index is 474. The van der Waals surface area contributed by atoms with Crippen LogP contribution in [0.1, 0.15) is 12.5 Å². The van der Waals surface area contributed by atoms with Crippen molar-refractivity contribution >= 4 is 22.4 Å². The van der Waals surface area contributed by atoms with Gasteiger partial charge in [0.25, 0.3) is 0 Å². The molecule has 1 aromatic rings. The average molecular weight is 281 g/mol. The second-order valence-electron chi connectivity index (χ2n) is 3.71. The Morgan fingerprint density at radius 1 is 1.41 bits per heavy atom. The quantitative estimate of drug-likeness (QED) is 0.847. The van der Waals surface area contributed by atoms with Gasteiger partial charge in [0.2, 0.25) is 10.0 Å². The first-order valence-electron chi connectivity index (χ1n) is 4.80. The van der Waals surface area contributed by atoms with Crippen molar-refractivity contribution in [1.82, 2.24) is 0 Å². The summed E-state index contributed by atoms with van der Waals surface area (Å²) in [7, 11) is -2.37. The van der Waals surface area contributed by atoms with E-state index in [1.165, 1.54) is 13.2 Å². The standard InChI is InChI=1S/C10H16N2O3S.ClH/c1-7(11)5-8-3-4-9(15-2)10(6-8)16(12,13)14;/h3-4,6-7H,5,11H2,1-2H3,(H2,12,13,14);1H/t7-;/m0./s1. The van der Waals surface area contributed by atoms with Crippen LogP contribution in [0.2, 0.25) is 0 Å². The predicted molar refractivity (Wildman–Crippen MR) is 69.0 cm³/mol. The van der Waals surface area contributed by atoms with E-state index < -0.39 is 10.0 Å². The third-order valence-corrected chi connectivity index (χ3v) is 3.02. The minimum atomic E-state index is -3.77. The van der Waals surface area contributed by atoms with Gasteiger partial charge < -0.3 is 10.5 Å². The van der Waals surface area contributed by atoms with E-state index in [0.29, 0.717) is 6.42 Å². The average Bonchev–Trinajstić information content (AvgIpc) is 2.15. The third-order valence-electron chi connectivity index (χ3n) is 2.09. The van der Waals surface area contributed by atoms with Crippen LogP contribution in [0, 0.1) is 0 Å². The zero-order valence-corrected chi connectivity index (χ0v) is 11.3. The van der Waals surface area contributed by atoms with Crippen molar-refractivity contribution in [1.29, 1.82) is 0 Å². The number of primary sulfonamides is 1. The summed E-state index contributed by atoms with van der Waals surface area (Å²) in [5.41, 5.74) is 6.46. The fourth-order valence-electron chi connectivity index (χ4n) is 1.44. The van der Waals surface area contributed by atoms with E-state index in [0.717, 1.165) is 5.56 Å². The number of hydrogen-bond acceptors (Lipinski definition) is 4. The molecular weight excluding hydrogens is 264 g/mol. The molecule has 0 saturated heterocycles. The SMILES string of the molecule is COc1ccc(C[C@H](C)N)cc1S(N)(=O)=O.Cl. The Morgan fingerprint density at radius 2 is 2.00 bits per heavy atom. The molecule has 4 N–H and O–H groups in total. The molecule has 0 aliphatic heterocycles. The highest BCUT2D eigenvalue weighted by Gasteiger charge is 2.15. The zero-order valence-electron chi connectivity index (χ0n) is 9.71. The lowest BCUT2D eigenvalue weighted by Crippen LogP contribution is -2.19. The van der Waals surface area contributed by atoms with Crippen molar-refractivity contribution in [2.24, 2.45) is 10.9 Å². The second kappa shape index (κ2) is 6.20. The fraction of sp³-hybridized carbons (Fsp3) is 0.400. The monoisotopic (exact) mass is 280 g/mol. The minimum absolute atomic E-state index is 0. The van der Waals surface area contributed by atoms with E-state index >= 15 is 0 Å². The number of methoxy groups -OCH3 is 1. The van der Waals surface area contributed by atoms with Crippen LogP contribution in [-0.2, 0) is 16.4 Å². The van der Waals surface area contributed by atoms with Gasteiger partial charge in [-0.15, -0.1) is 12.4 Å². The van der Waals surface area contributed by atoms with Crippen LogP contribution in [0.25, 0.3) is 0 Å². The summed E-state index contributed by atoms with van der Waals surface area (Å²) in [5.74, 6) is 0.246. The van der Waals surface area contributed by atoms with Gasteiger partial charge in [-0.2, -0.15) is 0 Å². The van der Waals surface area contributed by atoms with Crippen LogP contribution in [0.4, 0.5) is 0 Å². The van der Waals surface area contributed by atoms with E-state index in [1.807, 2.05) is 6.92 Å². The lowest BCUT2D eigenvalue weighted by Gasteiger charge is -2.10. The van der Waals surface area contributed by atoms with E-state index in [-0.39, 0.29) is 29.1 Å². The third kappa shape index (κ3) is 4.51. The van der Waals surface area contributed by atoms with E-state index in [1.54, 1.807) is 12.1 Å². The highest BCUT2D eigenvalue weighted by Crippen LogP contribution is 2.24. The number of sulfonamides is 1. The van der Waals surface area contributed by atoms with Crippen molar-refractivity contribution in [3.8, 4) is 5.75 Å². The maximum Gasteiger partial charge on any atom is 0.241 e. The second-order valence-corrected chi connectivity index (χ2v) is 5.24. The molecule has 1 aromatic carbocycles. The Balaban J connectivity index is 0.00000256. The predicted octanol–water partition coefficient (Wildman–Crippen LogP) is 0.654. The molecule has 0 radical (unpaired) electrons. The molecule has 0 aliphatic rings. The molecule has 0 fully saturated rings. The molecule has 0 bridgehead atoms. The highest BCUT2D eigenvalue weighted by molar-refractivity contribution is 7.89. The zero-order chi connectivity index (χ0) is 12.3. The van der Waals surface area contributed by atoms with Gasteiger partial charge in [-0.05, 0) is 31.0 Å². The van der Waals surface area contributed by atoms with Gasteiger partial charge in [0.05, 0.1) is 7.11 Å². The highest BCUT2D eigenvalue weighted by atomic mass is 35.5. The molecule has 0 amide bonds. The van der Waals surface area contributed by atoms with Crippen LogP contribution in [0.5, 0.6) is 5.75 Å². The van der Waals surface area contributed by atoms with Gasteiger partial charge in [-0.25, -0.2) is 13.6 Å². The normalized spacial score (nSPS) is 12.7. The number of nitrogens with two attached hydrogens (primary N) is 2. The molecule has 7 heteroatoms. The molecule has 0 aliphatic carbocycles. The van der Waals surface area contributed by atoms with Crippen LogP contribution in [-0.4, -0.2) is 21.6 Å². The maximum atomic E-state index is 11.3. The lowest BCUT2D eigenvalue weighted by molar-refractivity contribution is 0.402. The van der Waals surface area contributed by atoms with Crippen molar-refractivity contribution < 1.29 is 13.2 Å². The summed E-state index contributed by atoms with van der Waals surface area (Å²) < 4.78 is 27.6. The molecule has 0 saturated carbocycles. The molecule has 0 aromatic heterocycles. The Labute approximate surface area is 108 Å². The van der Waals surface area contributed by atoms with Gasteiger partial charge in [-0.3, -0.25) is 0 Å². The summed E-state index contributed by atoms with van der Waals surface area (Å²) >= 11 is 0. The van der Waals surface area contributed by atoms with Crippen LogP contribution in [0.3, 0.4) is 0 Å².